The third kappa shape index (κ3) is 3.37. The van der Waals surface area contributed by atoms with Crippen molar-refractivity contribution in [2.24, 2.45) is 11.1 Å². The van der Waals surface area contributed by atoms with Gasteiger partial charge in [0.2, 0.25) is 0 Å². The SMILES string of the molecule is CCCC1(C(=O)O)CCN(C(=O)C2CCC(CN)O2)CC1. The number of nitrogens with zero attached hydrogens (tertiary/aromatic N) is 1. The Morgan fingerprint density at radius 3 is 2.48 bits per heavy atom. The van der Waals surface area contributed by atoms with Gasteiger partial charge in [0.15, 0.2) is 0 Å². The van der Waals surface area contributed by atoms with Crippen molar-refractivity contribution in [1.29, 1.82) is 0 Å². The van der Waals surface area contributed by atoms with Crippen LogP contribution in [0.2, 0.25) is 0 Å². The van der Waals surface area contributed by atoms with Gasteiger partial charge in [-0.05, 0) is 32.1 Å². The maximum absolute atomic E-state index is 12.4. The molecule has 6 nitrogen and oxygen atoms in total. The van der Waals surface area contributed by atoms with E-state index in [4.69, 9.17) is 10.5 Å². The normalized spacial score (nSPS) is 28.6. The maximum atomic E-state index is 12.4. The summed E-state index contributed by atoms with van der Waals surface area (Å²) >= 11 is 0. The van der Waals surface area contributed by atoms with Crippen LogP contribution in [0.1, 0.15) is 45.4 Å². The van der Waals surface area contributed by atoms with Gasteiger partial charge in [0, 0.05) is 19.6 Å². The molecule has 0 aliphatic carbocycles. The minimum atomic E-state index is -0.725. The highest BCUT2D eigenvalue weighted by atomic mass is 16.5. The van der Waals surface area contributed by atoms with Crippen molar-refractivity contribution in [3.63, 3.8) is 0 Å². The third-order valence-electron chi connectivity index (χ3n) is 4.86. The predicted octanol–water partition coefficient (Wildman–Crippen LogP) is 0.986. The molecular weight excluding hydrogens is 272 g/mol. The molecule has 3 N–H and O–H groups in total. The van der Waals surface area contributed by atoms with E-state index in [0.717, 1.165) is 19.3 Å². The second-order valence-corrected chi connectivity index (χ2v) is 6.22. The first-order chi connectivity index (χ1) is 10.0. The van der Waals surface area contributed by atoms with Crippen LogP contribution in [-0.4, -0.2) is 53.7 Å². The van der Waals surface area contributed by atoms with E-state index in [-0.39, 0.29) is 18.1 Å². The lowest BCUT2D eigenvalue weighted by Crippen LogP contribution is -2.49. The number of rotatable bonds is 5. The number of carbonyl (C=O) groups is 2. The summed E-state index contributed by atoms with van der Waals surface area (Å²) in [7, 11) is 0. The summed E-state index contributed by atoms with van der Waals surface area (Å²) in [4.78, 5) is 25.7. The molecule has 2 fully saturated rings. The van der Waals surface area contributed by atoms with Gasteiger partial charge >= 0.3 is 5.97 Å². The molecule has 0 aromatic carbocycles. The highest BCUT2D eigenvalue weighted by Crippen LogP contribution is 2.37. The Labute approximate surface area is 125 Å². The number of carboxylic acids is 1. The highest BCUT2D eigenvalue weighted by molar-refractivity contribution is 5.82. The van der Waals surface area contributed by atoms with Gasteiger partial charge < -0.3 is 20.5 Å². The van der Waals surface area contributed by atoms with Gasteiger partial charge in [0.25, 0.3) is 5.91 Å². The Hall–Kier alpha value is -1.14. The Balaban J connectivity index is 1.91. The first-order valence-corrected chi connectivity index (χ1v) is 7.90. The van der Waals surface area contributed by atoms with Crippen LogP contribution < -0.4 is 5.73 Å². The maximum Gasteiger partial charge on any atom is 0.309 e. The van der Waals surface area contributed by atoms with Crippen molar-refractivity contribution in [3.05, 3.63) is 0 Å². The minimum Gasteiger partial charge on any atom is -0.481 e. The third-order valence-corrected chi connectivity index (χ3v) is 4.86. The largest absolute Gasteiger partial charge is 0.481 e. The minimum absolute atomic E-state index is 0.00133. The fourth-order valence-corrected chi connectivity index (χ4v) is 3.47. The van der Waals surface area contributed by atoms with Crippen molar-refractivity contribution in [1.82, 2.24) is 4.90 Å². The van der Waals surface area contributed by atoms with E-state index < -0.39 is 11.4 Å². The van der Waals surface area contributed by atoms with E-state index in [1.807, 2.05) is 6.92 Å². The molecule has 0 bridgehead atoms. The molecule has 0 aromatic rings. The van der Waals surface area contributed by atoms with E-state index in [0.29, 0.717) is 38.9 Å². The Morgan fingerprint density at radius 1 is 1.33 bits per heavy atom. The van der Waals surface area contributed by atoms with Gasteiger partial charge in [-0.15, -0.1) is 0 Å². The van der Waals surface area contributed by atoms with Crippen molar-refractivity contribution < 1.29 is 19.4 Å². The molecule has 6 heteroatoms. The van der Waals surface area contributed by atoms with E-state index in [1.165, 1.54) is 0 Å². The summed E-state index contributed by atoms with van der Waals surface area (Å²) in [6, 6.07) is 0. The van der Waals surface area contributed by atoms with Crippen LogP contribution in [0.15, 0.2) is 0 Å². The summed E-state index contributed by atoms with van der Waals surface area (Å²) in [6.07, 6.45) is 3.75. The fraction of sp³-hybridized carbons (Fsp3) is 0.867. The number of aliphatic carboxylic acids is 1. The number of ether oxygens (including phenoxy) is 1. The number of amides is 1. The lowest BCUT2D eigenvalue weighted by Gasteiger charge is -2.39. The topological polar surface area (TPSA) is 92.9 Å². The number of piperidine rings is 1. The van der Waals surface area contributed by atoms with Crippen molar-refractivity contribution in [2.75, 3.05) is 19.6 Å². The van der Waals surface area contributed by atoms with E-state index in [9.17, 15) is 14.7 Å². The van der Waals surface area contributed by atoms with Crippen LogP contribution in [-0.2, 0) is 14.3 Å². The standard InChI is InChI=1S/C15H26N2O4/c1-2-5-15(14(19)20)6-8-17(9-7-15)13(18)12-4-3-11(10-16)21-12/h11-12H,2-10,16H2,1H3,(H,19,20). The summed E-state index contributed by atoms with van der Waals surface area (Å²) in [5.41, 5.74) is 4.91. The molecule has 2 aliphatic rings. The number of hydrogen-bond acceptors (Lipinski definition) is 4. The number of likely N-dealkylation sites (tertiary alicyclic amines) is 1. The average molecular weight is 298 g/mol. The fourth-order valence-electron chi connectivity index (χ4n) is 3.47. The van der Waals surface area contributed by atoms with Crippen molar-refractivity contribution >= 4 is 11.9 Å². The number of hydrogen-bond donors (Lipinski definition) is 2. The van der Waals surface area contributed by atoms with Crippen molar-refractivity contribution in [3.8, 4) is 0 Å². The zero-order valence-corrected chi connectivity index (χ0v) is 12.7. The molecule has 2 rings (SSSR count). The first kappa shape index (κ1) is 16.2. The zero-order valence-electron chi connectivity index (χ0n) is 12.7. The summed E-state index contributed by atoms with van der Waals surface area (Å²) in [6.45, 7) is 3.47. The van der Waals surface area contributed by atoms with E-state index in [2.05, 4.69) is 0 Å². The molecule has 2 aliphatic heterocycles. The quantitative estimate of drug-likeness (QED) is 0.789. The summed E-state index contributed by atoms with van der Waals surface area (Å²) in [5, 5.41) is 9.48. The van der Waals surface area contributed by atoms with Gasteiger partial charge in [0.05, 0.1) is 11.5 Å². The van der Waals surface area contributed by atoms with E-state index in [1.54, 1.807) is 4.90 Å². The van der Waals surface area contributed by atoms with Crippen LogP contribution in [0.25, 0.3) is 0 Å². The van der Waals surface area contributed by atoms with Crippen molar-refractivity contribution in [2.45, 2.75) is 57.7 Å². The van der Waals surface area contributed by atoms with E-state index >= 15 is 0 Å². The molecule has 2 atom stereocenters. The Morgan fingerprint density at radius 2 is 2.00 bits per heavy atom. The monoisotopic (exact) mass is 298 g/mol. The lowest BCUT2D eigenvalue weighted by molar-refractivity contribution is -0.157. The highest BCUT2D eigenvalue weighted by Gasteiger charge is 2.43. The zero-order chi connectivity index (χ0) is 15.5. The average Bonchev–Trinajstić information content (AvgIpc) is 2.96. The van der Waals surface area contributed by atoms with Gasteiger partial charge in [-0.3, -0.25) is 9.59 Å². The van der Waals surface area contributed by atoms with Crippen LogP contribution in [0.5, 0.6) is 0 Å². The molecular formula is C15H26N2O4. The predicted molar refractivity (Wildman–Crippen MR) is 77.7 cm³/mol. The van der Waals surface area contributed by atoms with Crippen LogP contribution in [0.4, 0.5) is 0 Å². The number of nitrogens with two attached hydrogens (primary N) is 1. The summed E-state index contributed by atoms with van der Waals surface area (Å²) in [5.74, 6) is -0.724. The molecule has 2 saturated heterocycles. The van der Waals surface area contributed by atoms with Crippen LogP contribution in [0, 0.1) is 5.41 Å². The van der Waals surface area contributed by atoms with Gasteiger partial charge in [-0.25, -0.2) is 0 Å². The molecule has 0 radical (unpaired) electrons. The molecule has 0 saturated carbocycles. The number of carboxylic acid groups (broad SMARTS) is 1. The van der Waals surface area contributed by atoms with Crippen LogP contribution in [0.3, 0.4) is 0 Å². The summed E-state index contributed by atoms with van der Waals surface area (Å²) < 4.78 is 5.64. The second-order valence-electron chi connectivity index (χ2n) is 6.22. The van der Waals surface area contributed by atoms with Gasteiger partial charge in [-0.2, -0.15) is 0 Å². The Kier molecular flexibility index (Phi) is 5.22. The molecule has 2 heterocycles. The molecule has 2 unspecified atom stereocenters. The molecule has 21 heavy (non-hydrogen) atoms. The second kappa shape index (κ2) is 6.75. The molecule has 0 spiro atoms. The Bertz CT molecular complexity index is 391. The lowest BCUT2D eigenvalue weighted by atomic mass is 9.75. The molecule has 1 amide bonds. The molecule has 120 valence electrons. The first-order valence-electron chi connectivity index (χ1n) is 7.90. The molecule has 0 aromatic heterocycles. The van der Waals surface area contributed by atoms with Gasteiger partial charge in [0.1, 0.15) is 6.10 Å². The van der Waals surface area contributed by atoms with Crippen LogP contribution >= 0.6 is 0 Å². The number of carbonyl (C=O) groups excluding carboxylic acids is 1. The smallest absolute Gasteiger partial charge is 0.309 e. The van der Waals surface area contributed by atoms with Gasteiger partial charge in [-0.1, -0.05) is 13.3 Å².